The van der Waals surface area contributed by atoms with Crippen LogP contribution in [0.2, 0.25) is 0 Å². The summed E-state index contributed by atoms with van der Waals surface area (Å²) in [4.78, 5) is 20.8. The Morgan fingerprint density at radius 3 is 2.35 bits per heavy atom. The lowest BCUT2D eigenvalue weighted by Crippen LogP contribution is -2.20. The van der Waals surface area contributed by atoms with Crippen LogP contribution in [0.15, 0.2) is 48.5 Å². The van der Waals surface area contributed by atoms with E-state index in [0.717, 1.165) is 22.3 Å². The van der Waals surface area contributed by atoms with Crippen molar-refractivity contribution in [2.45, 2.75) is 13.8 Å². The highest BCUT2D eigenvalue weighted by Gasteiger charge is 2.09. The molecule has 0 spiro atoms. The van der Waals surface area contributed by atoms with E-state index in [2.05, 4.69) is 15.3 Å². The van der Waals surface area contributed by atoms with Crippen LogP contribution in [0.25, 0.3) is 11.0 Å². The molecule has 3 aromatic rings. The summed E-state index contributed by atoms with van der Waals surface area (Å²) in [6.45, 7) is 3.70. The number of fused-ring (bicyclic) bond motifs is 1. The zero-order valence-electron chi connectivity index (χ0n) is 13.0. The number of aromatic nitrogens is 2. The van der Waals surface area contributed by atoms with Gasteiger partial charge in [0.25, 0.3) is 5.91 Å². The minimum atomic E-state index is -0.233. The molecule has 1 N–H and O–H groups in total. The molecule has 1 amide bonds. The average molecular weight is 307 g/mol. The smallest absolute Gasteiger partial charge is 0.262 e. The van der Waals surface area contributed by atoms with Crippen LogP contribution in [0.1, 0.15) is 11.3 Å². The third-order valence-electron chi connectivity index (χ3n) is 3.38. The molecule has 0 saturated carbocycles. The Balaban J connectivity index is 1.66. The molecule has 0 unspecified atom stereocenters. The van der Waals surface area contributed by atoms with Gasteiger partial charge >= 0.3 is 0 Å². The molecule has 3 rings (SSSR count). The fourth-order valence-corrected chi connectivity index (χ4v) is 2.18. The zero-order valence-corrected chi connectivity index (χ0v) is 13.0. The first kappa shape index (κ1) is 15.0. The number of para-hydroxylation sites is 2. The number of hydrogen-bond acceptors (Lipinski definition) is 4. The zero-order chi connectivity index (χ0) is 16.2. The molecular formula is C18H17N3O2. The summed E-state index contributed by atoms with van der Waals surface area (Å²) >= 11 is 0. The lowest BCUT2D eigenvalue weighted by Gasteiger charge is -2.09. The molecule has 0 saturated heterocycles. The highest BCUT2D eigenvalue weighted by Crippen LogP contribution is 2.18. The number of carbonyl (C=O) groups is 1. The van der Waals surface area contributed by atoms with E-state index in [1.54, 1.807) is 0 Å². The largest absolute Gasteiger partial charge is 0.466 e. The molecule has 1 heterocycles. The number of ether oxygens (including phenoxy) is 1. The lowest BCUT2D eigenvalue weighted by molar-refractivity contribution is -0.118. The summed E-state index contributed by atoms with van der Waals surface area (Å²) in [5.74, 6) is 0.144. The molecule has 0 aliphatic heterocycles. The van der Waals surface area contributed by atoms with Crippen molar-refractivity contribution in [3.8, 4) is 5.88 Å². The highest BCUT2D eigenvalue weighted by atomic mass is 16.5. The fourth-order valence-electron chi connectivity index (χ4n) is 2.18. The first-order valence-electron chi connectivity index (χ1n) is 7.34. The summed E-state index contributed by atoms with van der Waals surface area (Å²) in [6, 6.07) is 15.1. The van der Waals surface area contributed by atoms with Crippen molar-refractivity contribution in [1.29, 1.82) is 0 Å². The summed E-state index contributed by atoms with van der Waals surface area (Å²) in [5, 5.41) is 2.78. The van der Waals surface area contributed by atoms with E-state index in [0.29, 0.717) is 11.6 Å². The number of anilines is 1. The Morgan fingerprint density at radius 1 is 1.00 bits per heavy atom. The van der Waals surface area contributed by atoms with Gasteiger partial charge in [0.15, 0.2) is 6.61 Å². The van der Waals surface area contributed by atoms with Crippen molar-refractivity contribution in [2.24, 2.45) is 0 Å². The number of benzene rings is 2. The third-order valence-corrected chi connectivity index (χ3v) is 3.38. The number of rotatable bonds is 4. The molecule has 23 heavy (non-hydrogen) atoms. The van der Waals surface area contributed by atoms with Crippen LogP contribution in [0.4, 0.5) is 5.69 Å². The van der Waals surface area contributed by atoms with Gasteiger partial charge in [0.1, 0.15) is 5.69 Å². The van der Waals surface area contributed by atoms with Crippen LogP contribution >= 0.6 is 0 Å². The van der Waals surface area contributed by atoms with Crippen LogP contribution in [0, 0.1) is 13.8 Å². The maximum Gasteiger partial charge on any atom is 0.262 e. The Bertz CT molecular complexity index is 845. The molecule has 0 aliphatic rings. The lowest BCUT2D eigenvalue weighted by atomic mass is 10.2. The van der Waals surface area contributed by atoms with Crippen LogP contribution in [0.5, 0.6) is 5.88 Å². The second-order valence-electron chi connectivity index (χ2n) is 5.31. The van der Waals surface area contributed by atoms with Gasteiger partial charge in [-0.25, -0.2) is 9.97 Å². The van der Waals surface area contributed by atoms with E-state index in [-0.39, 0.29) is 12.5 Å². The van der Waals surface area contributed by atoms with Crippen LogP contribution in [-0.4, -0.2) is 22.5 Å². The average Bonchev–Trinajstić information content (AvgIpc) is 2.55. The molecule has 0 aliphatic carbocycles. The minimum Gasteiger partial charge on any atom is -0.466 e. The predicted octanol–water partition coefficient (Wildman–Crippen LogP) is 3.26. The Hall–Kier alpha value is -2.95. The fraction of sp³-hybridized carbons (Fsp3) is 0.167. The van der Waals surface area contributed by atoms with Crippen molar-refractivity contribution < 1.29 is 9.53 Å². The Morgan fingerprint density at radius 2 is 1.65 bits per heavy atom. The van der Waals surface area contributed by atoms with Gasteiger partial charge < -0.3 is 10.1 Å². The van der Waals surface area contributed by atoms with Crippen molar-refractivity contribution >= 4 is 22.6 Å². The number of carbonyl (C=O) groups excluding carboxylic acids is 1. The van der Waals surface area contributed by atoms with E-state index < -0.39 is 0 Å². The maximum absolute atomic E-state index is 12.0. The summed E-state index contributed by atoms with van der Waals surface area (Å²) in [5.41, 5.74) is 4.09. The predicted molar refractivity (Wildman–Crippen MR) is 89.6 cm³/mol. The van der Waals surface area contributed by atoms with E-state index in [1.165, 1.54) is 0 Å². The van der Waals surface area contributed by atoms with Gasteiger partial charge in [-0.1, -0.05) is 29.8 Å². The maximum atomic E-state index is 12.0. The van der Waals surface area contributed by atoms with Gasteiger partial charge in [0.05, 0.1) is 11.0 Å². The summed E-state index contributed by atoms with van der Waals surface area (Å²) in [7, 11) is 0. The number of aryl methyl sites for hydroxylation is 2. The minimum absolute atomic E-state index is 0.109. The normalized spacial score (nSPS) is 10.5. The summed E-state index contributed by atoms with van der Waals surface area (Å²) in [6.07, 6.45) is 0. The van der Waals surface area contributed by atoms with Crippen molar-refractivity contribution in [1.82, 2.24) is 9.97 Å². The van der Waals surface area contributed by atoms with E-state index in [9.17, 15) is 4.79 Å². The second kappa shape index (κ2) is 6.44. The molecule has 0 fully saturated rings. The number of nitrogens with one attached hydrogen (secondary N) is 1. The molecular weight excluding hydrogens is 290 g/mol. The van der Waals surface area contributed by atoms with Gasteiger partial charge in [-0.2, -0.15) is 0 Å². The van der Waals surface area contributed by atoms with Crippen molar-refractivity contribution in [2.75, 3.05) is 11.9 Å². The van der Waals surface area contributed by atoms with Gasteiger partial charge in [-0.3, -0.25) is 4.79 Å². The van der Waals surface area contributed by atoms with E-state index in [1.807, 2.05) is 62.4 Å². The molecule has 0 bridgehead atoms. The van der Waals surface area contributed by atoms with Gasteiger partial charge in [-0.05, 0) is 38.1 Å². The first-order chi connectivity index (χ1) is 11.1. The van der Waals surface area contributed by atoms with Gasteiger partial charge in [-0.15, -0.1) is 0 Å². The molecule has 0 atom stereocenters. The number of amides is 1. The molecule has 1 aromatic heterocycles. The van der Waals surface area contributed by atoms with Crippen LogP contribution in [-0.2, 0) is 4.79 Å². The summed E-state index contributed by atoms with van der Waals surface area (Å²) < 4.78 is 5.52. The quantitative estimate of drug-likeness (QED) is 0.803. The first-order valence-corrected chi connectivity index (χ1v) is 7.34. The highest BCUT2D eigenvalue weighted by molar-refractivity contribution is 5.91. The SMILES string of the molecule is Cc1ccc(NC(=O)COc2nc3ccccc3nc2C)cc1. The van der Waals surface area contributed by atoms with E-state index in [4.69, 9.17) is 4.74 Å². The Labute approximate surface area is 134 Å². The number of nitrogens with zero attached hydrogens (tertiary/aromatic N) is 2. The van der Waals surface area contributed by atoms with Gasteiger partial charge in [0, 0.05) is 5.69 Å². The van der Waals surface area contributed by atoms with Gasteiger partial charge in [0.2, 0.25) is 5.88 Å². The van der Waals surface area contributed by atoms with Crippen molar-refractivity contribution in [3.63, 3.8) is 0 Å². The molecule has 5 nitrogen and oxygen atoms in total. The third kappa shape index (κ3) is 3.63. The van der Waals surface area contributed by atoms with E-state index >= 15 is 0 Å². The van der Waals surface area contributed by atoms with Crippen molar-refractivity contribution in [3.05, 3.63) is 59.8 Å². The molecule has 2 aromatic carbocycles. The standard InChI is InChI=1S/C18H17N3O2/c1-12-7-9-14(10-8-12)20-17(22)11-23-18-13(2)19-15-5-3-4-6-16(15)21-18/h3-10H,11H2,1-2H3,(H,20,22). The molecule has 0 radical (unpaired) electrons. The second-order valence-corrected chi connectivity index (χ2v) is 5.31. The molecule has 5 heteroatoms. The number of hydrogen-bond donors (Lipinski definition) is 1. The van der Waals surface area contributed by atoms with Crippen LogP contribution in [0.3, 0.4) is 0 Å². The monoisotopic (exact) mass is 307 g/mol. The topological polar surface area (TPSA) is 64.1 Å². The van der Waals surface area contributed by atoms with Crippen LogP contribution < -0.4 is 10.1 Å². The Kier molecular flexibility index (Phi) is 4.19. The molecule has 116 valence electrons.